The highest BCUT2D eigenvalue weighted by atomic mass is 16.1. The number of hydrogen-bond donors (Lipinski definition) is 3. The average Bonchev–Trinajstić information content (AvgIpc) is 2.10. The lowest BCUT2D eigenvalue weighted by molar-refractivity contribution is -0.123. The molecule has 0 aliphatic heterocycles. The molecule has 0 spiro atoms. The second-order valence-electron chi connectivity index (χ2n) is 4.24. The Morgan fingerprint density at radius 2 is 2.07 bits per heavy atom. The van der Waals surface area contributed by atoms with Crippen molar-refractivity contribution in [2.45, 2.75) is 44.1 Å². The zero-order chi connectivity index (χ0) is 10.4. The second-order valence-corrected chi connectivity index (χ2v) is 4.24. The van der Waals surface area contributed by atoms with Crippen molar-refractivity contribution in [1.29, 1.82) is 0 Å². The van der Waals surface area contributed by atoms with Crippen LogP contribution in [0.3, 0.4) is 0 Å². The number of rotatable bonds is 6. The summed E-state index contributed by atoms with van der Waals surface area (Å²) in [7, 11) is 0. The number of unbranched alkanes of at least 4 members (excludes halogenated alkanes) is 1. The van der Waals surface area contributed by atoms with Gasteiger partial charge >= 0.3 is 0 Å². The van der Waals surface area contributed by atoms with Crippen LogP contribution in [0.5, 0.6) is 0 Å². The molecule has 0 unspecified atom stereocenters. The largest absolute Gasteiger partial charge is 0.356 e. The Balaban J connectivity index is 2.04. The van der Waals surface area contributed by atoms with E-state index in [1.54, 1.807) is 0 Å². The molecule has 82 valence electrons. The van der Waals surface area contributed by atoms with E-state index in [-0.39, 0.29) is 11.4 Å². The lowest BCUT2D eigenvalue weighted by atomic mass is 9.75. The number of carbonyl (C=O) groups is 1. The van der Waals surface area contributed by atoms with Gasteiger partial charge in [0.15, 0.2) is 0 Å². The Bertz CT molecular complexity index is 190. The maximum absolute atomic E-state index is 11.4. The Labute approximate surface area is 85.4 Å². The first-order valence-electron chi connectivity index (χ1n) is 5.42. The quantitative estimate of drug-likeness (QED) is 0.531. The zero-order valence-corrected chi connectivity index (χ0v) is 8.72. The first kappa shape index (κ1) is 11.5. The minimum atomic E-state index is -0.196. The summed E-state index contributed by atoms with van der Waals surface area (Å²) in [5, 5.41) is 2.87. The molecule has 0 atom stereocenters. The lowest BCUT2D eigenvalue weighted by Crippen LogP contribution is -2.50. The summed E-state index contributed by atoms with van der Waals surface area (Å²) in [5.74, 6) is 0.0872. The molecule has 14 heavy (non-hydrogen) atoms. The number of hydrogen-bond acceptors (Lipinski definition) is 3. The van der Waals surface area contributed by atoms with Crippen molar-refractivity contribution in [3.05, 3.63) is 0 Å². The summed E-state index contributed by atoms with van der Waals surface area (Å²) in [4.78, 5) is 11.4. The summed E-state index contributed by atoms with van der Waals surface area (Å²) < 4.78 is 0. The van der Waals surface area contributed by atoms with Crippen LogP contribution >= 0.6 is 0 Å². The van der Waals surface area contributed by atoms with Crippen LogP contribution in [0.4, 0.5) is 0 Å². The molecule has 4 heteroatoms. The van der Waals surface area contributed by atoms with Gasteiger partial charge in [-0.2, -0.15) is 0 Å². The summed E-state index contributed by atoms with van der Waals surface area (Å²) in [6, 6.07) is 0. The number of nitrogens with two attached hydrogens (primary N) is 2. The first-order chi connectivity index (χ1) is 6.66. The van der Waals surface area contributed by atoms with Crippen LogP contribution < -0.4 is 16.8 Å². The molecule has 1 fully saturated rings. The molecule has 5 N–H and O–H groups in total. The van der Waals surface area contributed by atoms with E-state index in [4.69, 9.17) is 11.5 Å². The predicted molar refractivity (Wildman–Crippen MR) is 56.7 cm³/mol. The van der Waals surface area contributed by atoms with Crippen LogP contribution in [0.25, 0.3) is 0 Å². The highest BCUT2D eigenvalue weighted by Crippen LogP contribution is 2.31. The first-order valence-corrected chi connectivity index (χ1v) is 5.42. The average molecular weight is 199 g/mol. The third-order valence-electron chi connectivity index (χ3n) is 2.82. The summed E-state index contributed by atoms with van der Waals surface area (Å²) in [6.45, 7) is 1.42. The van der Waals surface area contributed by atoms with Crippen molar-refractivity contribution in [2.75, 3.05) is 13.1 Å². The van der Waals surface area contributed by atoms with Crippen molar-refractivity contribution in [3.63, 3.8) is 0 Å². The molecule has 0 saturated heterocycles. The van der Waals surface area contributed by atoms with Crippen molar-refractivity contribution >= 4 is 5.91 Å². The van der Waals surface area contributed by atoms with E-state index in [0.29, 0.717) is 13.0 Å². The van der Waals surface area contributed by atoms with Gasteiger partial charge in [0.1, 0.15) is 0 Å². The van der Waals surface area contributed by atoms with Crippen LogP contribution in [-0.2, 0) is 4.79 Å². The van der Waals surface area contributed by atoms with Gasteiger partial charge in [-0.15, -0.1) is 0 Å². The van der Waals surface area contributed by atoms with Gasteiger partial charge < -0.3 is 16.8 Å². The van der Waals surface area contributed by atoms with Crippen molar-refractivity contribution in [2.24, 2.45) is 11.5 Å². The van der Waals surface area contributed by atoms with Crippen LogP contribution in [0, 0.1) is 0 Å². The molecule has 0 radical (unpaired) electrons. The Morgan fingerprint density at radius 3 is 2.57 bits per heavy atom. The fourth-order valence-electron chi connectivity index (χ4n) is 1.69. The number of amides is 1. The molecule has 0 aromatic carbocycles. The van der Waals surface area contributed by atoms with Gasteiger partial charge in [-0.05, 0) is 38.6 Å². The van der Waals surface area contributed by atoms with Gasteiger partial charge in [0.2, 0.25) is 5.91 Å². The Morgan fingerprint density at radius 1 is 1.36 bits per heavy atom. The normalized spacial score (nSPS) is 18.7. The molecule has 0 aromatic heterocycles. The minimum absolute atomic E-state index is 0.0872. The fraction of sp³-hybridized carbons (Fsp3) is 0.900. The van der Waals surface area contributed by atoms with Crippen LogP contribution in [-0.4, -0.2) is 24.5 Å². The number of carbonyl (C=O) groups excluding carboxylic acids is 1. The molecule has 1 aliphatic carbocycles. The van der Waals surface area contributed by atoms with Gasteiger partial charge in [-0.25, -0.2) is 0 Å². The Kier molecular flexibility index (Phi) is 4.35. The Hall–Kier alpha value is -0.610. The van der Waals surface area contributed by atoms with Crippen molar-refractivity contribution < 1.29 is 4.79 Å². The van der Waals surface area contributed by atoms with E-state index in [9.17, 15) is 4.79 Å². The van der Waals surface area contributed by atoms with E-state index in [2.05, 4.69) is 5.32 Å². The molecular weight excluding hydrogens is 178 g/mol. The maximum atomic E-state index is 11.4. The molecule has 1 saturated carbocycles. The van der Waals surface area contributed by atoms with E-state index in [1.165, 1.54) is 0 Å². The summed E-state index contributed by atoms with van der Waals surface area (Å²) in [5.41, 5.74) is 11.1. The lowest BCUT2D eigenvalue weighted by Gasteiger charge is -2.37. The van der Waals surface area contributed by atoms with Gasteiger partial charge in [0, 0.05) is 18.5 Å². The van der Waals surface area contributed by atoms with Crippen LogP contribution in [0.2, 0.25) is 0 Å². The molecule has 1 aliphatic rings. The van der Waals surface area contributed by atoms with Gasteiger partial charge in [-0.3, -0.25) is 4.79 Å². The van der Waals surface area contributed by atoms with E-state index in [1.807, 2.05) is 0 Å². The van der Waals surface area contributed by atoms with Crippen LogP contribution in [0.15, 0.2) is 0 Å². The predicted octanol–water partition coefficient (Wildman–Crippen LogP) is 0.113. The van der Waals surface area contributed by atoms with E-state index >= 15 is 0 Å². The molecule has 1 amide bonds. The zero-order valence-electron chi connectivity index (χ0n) is 8.72. The monoisotopic (exact) mass is 199 g/mol. The SMILES string of the molecule is NCCCCNC(=O)CC1(N)CCC1. The summed E-state index contributed by atoms with van der Waals surface area (Å²) in [6.07, 6.45) is 5.55. The fourth-order valence-corrected chi connectivity index (χ4v) is 1.69. The smallest absolute Gasteiger partial charge is 0.221 e. The maximum Gasteiger partial charge on any atom is 0.221 e. The molecule has 4 nitrogen and oxygen atoms in total. The van der Waals surface area contributed by atoms with Crippen molar-refractivity contribution in [1.82, 2.24) is 5.32 Å². The van der Waals surface area contributed by atoms with E-state index < -0.39 is 0 Å². The van der Waals surface area contributed by atoms with E-state index in [0.717, 1.165) is 38.6 Å². The molecule has 0 bridgehead atoms. The summed E-state index contributed by atoms with van der Waals surface area (Å²) >= 11 is 0. The third kappa shape index (κ3) is 3.64. The standard InChI is InChI=1S/C10H21N3O/c11-6-1-2-7-13-9(14)8-10(12)4-3-5-10/h1-8,11-12H2,(H,13,14). The topological polar surface area (TPSA) is 81.1 Å². The molecule has 0 aromatic rings. The van der Waals surface area contributed by atoms with Crippen molar-refractivity contribution in [3.8, 4) is 0 Å². The van der Waals surface area contributed by atoms with Crippen LogP contribution in [0.1, 0.15) is 38.5 Å². The molecular formula is C10H21N3O. The molecule has 0 heterocycles. The highest BCUT2D eigenvalue weighted by molar-refractivity contribution is 5.77. The second kappa shape index (κ2) is 5.32. The van der Waals surface area contributed by atoms with Gasteiger partial charge in [0.25, 0.3) is 0 Å². The van der Waals surface area contributed by atoms with Gasteiger partial charge in [0.05, 0.1) is 0 Å². The third-order valence-corrected chi connectivity index (χ3v) is 2.82. The minimum Gasteiger partial charge on any atom is -0.356 e. The molecule has 1 rings (SSSR count). The number of nitrogens with one attached hydrogen (secondary N) is 1. The van der Waals surface area contributed by atoms with Gasteiger partial charge in [-0.1, -0.05) is 0 Å². The highest BCUT2D eigenvalue weighted by Gasteiger charge is 2.34.